The summed E-state index contributed by atoms with van der Waals surface area (Å²) in [5, 5.41) is 12.6. The van der Waals surface area contributed by atoms with Crippen molar-refractivity contribution in [1.82, 2.24) is 4.90 Å². The number of carbonyl (C=O) groups excluding carboxylic acids is 2. The zero-order valence-corrected chi connectivity index (χ0v) is 17.7. The van der Waals surface area contributed by atoms with E-state index in [2.05, 4.69) is 5.32 Å². The third kappa shape index (κ3) is 4.74. The van der Waals surface area contributed by atoms with Crippen LogP contribution in [0.2, 0.25) is 0 Å². The number of anilines is 1. The number of halogens is 1. The minimum atomic E-state index is -1.02. The van der Waals surface area contributed by atoms with Gasteiger partial charge in [-0.3, -0.25) is 9.59 Å². The summed E-state index contributed by atoms with van der Waals surface area (Å²) < 4.78 is 14.3. The molecule has 0 radical (unpaired) electrons. The molecule has 0 aliphatic heterocycles. The Hall–Kier alpha value is -3.67. The molecule has 0 aromatic heterocycles. The summed E-state index contributed by atoms with van der Waals surface area (Å²) in [6.45, 7) is 5.69. The quantitative estimate of drug-likeness (QED) is 0.590. The van der Waals surface area contributed by atoms with Gasteiger partial charge in [0.1, 0.15) is 17.6 Å². The molecule has 31 heavy (non-hydrogen) atoms. The zero-order valence-electron chi connectivity index (χ0n) is 17.7. The van der Waals surface area contributed by atoms with Crippen LogP contribution in [0.3, 0.4) is 0 Å². The van der Waals surface area contributed by atoms with Crippen molar-refractivity contribution < 1.29 is 19.1 Å². The molecular weight excluding hydrogens is 395 g/mol. The lowest BCUT2D eigenvalue weighted by molar-refractivity contribution is -0.120. The number of rotatable bonds is 6. The van der Waals surface area contributed by atoms with E-state index < -0.39 is 23.7 Å². The first kappa shape index (κ1) is 22.0. The SMILES string of the molecule is CCN(C(=O)c1ccccc1F)[C@@H](C(=O)Nc1c(C)cccc1C)c1ccc(O)cc1. The molecule has 3 aromatic carbocycles. The second-order valence-electron chi connectivity index (χ2n) is 7.32. The Labute approximate surface area is 181 Å². The number of para-hydroxylation sites is 1. The van der Waals surface area contributed by atoms with Crippen LogP contribution in [0.15, 0.2) is 66.7 Å². The van der Waals surface area contributed by atoms with Gasteiger partial charge in [0, 0.05) is 12.2 Å². The number of benzene rings is 3. The molecule has 6 heteroatoms. The number of phenols is 1. The van der Waals surface area contributed by atoms with E-state index in [0.717, 1.165) is 11.1 Å². The van der Waals surface area contributed by atoms with Crippen molar-refractivity contribution in [1.29, 1.82) is 0 Å². The number of hydrogen-bond acceptors (Lipinski definition) is 3. The Balaban J connectivity index is 2.05. The first-order valence-electron chi connectivity index (χ1n) is 10.0. The standard InChI is InChI=1S/C25H25FN2O3/c1-4-28(25(31)20-10-5-6-11-21(20)26)23(18-12-14-19(29)15-13-18)24(30)27-22-16(2)8-7-9-17(22)3/h5-15,23,29H,4H2,1-3H3,(H,27,30)/t23-/m1/s1. The molecule has 2 N–H and O–H groups in total. The van der Waals surface area contributed by atoms with Crippen LogP contribution < -0.4 is 5.32 Å². The minimum absolute atomic E-state index is 0.0427. The van der Waals surface area contributed by atoms with Crippen molar-refractivity contribution in [2.45, 2.75) is 26.8 Å². The molecule has 0 fully saturated rings. The van der Waals surface area contributed by atoms with Crippen molar-refractivity contribution in [3.8, 4) is 5.75 Å². The van der Waals surface area contributed by atoms with E-state index >= 15 is 0 Å². The normalized spacial score (nSPS) is 11.6. The number of amides is 2. The highest BCUT2D eigenvalue weighted by atomic mass is 19.1. The van der Waals surface area contributed by atoms with Gasteiger partial charge in [-0.2, -0.15) is 0 Å². The number of phenolic OH excluding ortho intramolecular Hbond substituents is 1. The summed E-state index contributed by atoms with van der Waals surface area (Å²) in [6, 6.07) is 16.4. The molecule has 160 valence electrons. The summed E-state index contributed by atoms with van der Waals surface area (Å²) in [5.41, 5.74) is 2.86. The van der Waals surface area contributed by atoms with E-state index in [-0.39, 0.29) is 17.9 Å². The van der Waals surface area contributed by atoms with Gasteiger partial charge in [-0.1, -0.05) is 42.5 Å². The van der Waals surface area contributed by atoms with Crippen molar-refractivity contribution in [2.24, 2.45) is 0 Å². The van der Waals surface area contributed by atoms with E-state index in [1.54, 1.807) is 25.1 Å². The van der Waals surface area contributed by atoms with Gasteiger partial charge in [0.15, 0.2) is 0 Å². The highest BCUT2D eigenvalue weighted by Gasteiger charge is 2.32. The van der Waals surface area contributed by atoms with Gasteiger partial charge in [0.2, 0.25) is 0 Å². The maximum absolute atomic E-state index is 14.3. The van der Waals surface area contributed by atoms with Crippen LogP contribution in [0.5, 0.6) is 5.75 Å². The van der Waals surface area contributed by atoms with Gasteiger partial charge in [0.05, 0.1) is 5.56 Å². The molecule has 0 saturated carbocycles. The average molecular weight is 420 g/mol. The molecule has 0 unspecified atom stereocenters. The third-order valence-corrected chi connectivity index (χ3v) is 5.20. The van der Waals surface area contributed by atoms with E-state index in [4.69, 9.17) is 0 Å². The van der Waals surface area contributed by atoms with Gasteiger partial charge in [-0.15, -0.1) is 0 Å². The number of aryl methyl sites for hydroxylation is 2. The molecular formula is C25H25FN2O3. The predicted octanol–water partition coefficient (Wildman–Crippen LogP) is 4.99. The van der Waals surface area contributed by atoms with Gasteiger partial charge in [0.25, 0.3) is 11.8 Å². The summed E-state index contributed by atoms with van der Waals surface area (Å²) >= 11 is 0. The first-order chi connectivity index (χ1) is 14.8. The molecule has 1 atom stereocenters. The second-order valence-corrected chi connectivity index (χ2v) is 7.32. The summed E-state index contributed by atoms with van der Waals surface area (Å²) in [5.74, 6) is -1.61. The lowest BCUT2D eigenvalue weighted by Gasteiger charge is -2.31. The monoisotopic (exact) mass is 420 g/mol. The highest BCUT2D eigenvalue weighted by Crippen LogP contribution is 2.28. The average Bonchev–Trinajstić information content (AvgIpc) is 2.75. The van der Waals surface area contributed by atoms with E-state index in [1.807, 2.05) is 32.0 Å². The fourth-order valence-electron chi connectivity index (χ4n) is 3.57. The number of carbonyl (C=O) groups is 2. The van der Waals surface area contributed by atoms with E-state index in [9.17, 15) is 19.1 Å². The maximum Gasteiger partial charge on any atom is 0.257 e. The van der Waals surface area contributed by atoms with Crippen LogP contribution in [0, 0.1) is 19.7 Å². The van der Waals surface area contributed by atoms with E-state index in [0.29, 0.717) is 11.3 Å². The van der Waals surface area contributed by atoms with Gasteiger partial charge < -0.3 is 15.3 Å². The van der Waals surface area contributed by atoms with E-state index in [1.165, 1.54) is 35.2 Å². The molecule has 0 bridgehead atoms. The zero-order chi connectivity index (χ0) is 22.5. The molecule has 5 nitrogen and oxygen atoms in total. The second kappa shape index (κ2) is 9.43. The van der Waals surface area contributed by atoms with Crippen LogP contribution in [0.4, 0.5) is 10.1 Å². The molecule has 0 aliphatic carbocycles. The molecule has 0 spiro atoms. The first-order valence-corrected chi connectivity index (χ1v) is 10.0. The van der Waals surface area contributed by atoms with Gasteiger partial charge in [-0.05, 0) is 61.7 Å². The molecule has 3 aromatic rings. The third-order valence-electron chi connectivity index (χ3n) is 5.20. The Morgan fingerprint density at radius 3 is 2.16 bits per heavy atom. The topological polar surface area (TPSA) is 69.6 Å². The fraction of sp³-hybridized carbons (Fsp3) is 0.200. The predicted molar refractivity (Wildman–Crippen MR) is 119 cm³/mol. The summed E-state index contributed by atoms with van der Waals surface area (Å²) in [6.07, 6.45) is 0. The van der Waals surface area contributed by atoms with Crippen LogP contribution in [-0.2, 0) is 4.79 Å². The number of aromatic hydroxyl groups is 1. The maximum atomic E-state index is 14.3. The molecule has 0 heterocycles. The van der Waals surface area contributed by atoms with Crippen LogP contribution in [-0.4, -0.2) is 28.4 Å². The van der Waals surface area contributed by atoms with Gasteiger partial charge >= 0.3 is 0 Å². The molecule has 3 rings (SSSR count). The molecule has 2 amide bonds. The largest absolute Gasteiger partial charge is 0.508 e. The Kier molecular flexibility index (Phi) is 6.70. The van der Waals surface area contributed by atoms with Crippen LogP contribution in [0.25, 0.3) is 0 Å². The van der Waals surface area contributed by atoms with Crippen LogP contribution in [0.1, 0.15) is 40.0 Å². The Bertz CT molecular complexity index is 1080. The Morgan fingerprint density at radius 1 is 0.968 bits per heavy atom. The van der Waals surface area contributed by atoms with Gasteiger partial charge in [-0.25, -0.2) is 4.39 Å². The smallest absolute Gasteiger partial charge is 0.257 e. The number of likely N-dealkylation sites (N-methyl/N-ethyl adjacent to an activating group) is 1. The summed E-state index contributed by atoms with van der Waals surface area (Å²) in [4.78, 5) is 28.0. The molecule has 0 aliphatic rings. The van der Waals surface area contributed by atoms with Crippen molar-refractivity contribution in [3.63, 3.8) is 0 Å². The summed E-state index contributed by atoms with van der Waals surface area (Å²) in [7, 11) is 0. The van der Waals surface area contributed by atoms with Crippen LogP contribution >= 0.6 is 0 Å². The molecule has 0 saturated heterocycles. The minimum Gasteiger partial charge on any atom is -0.508 e. The lowest BCUT2D eigenvalue weighted by Crippen LogP contribution is -2.41. The lowest BCUT2D eigenvalue weighted by atomic mass is 10.0. The van der Waals surface area contributed by atoms with Crippen molar-refractivity contribution in [2.75, 3.05) is 11.9 Å². The fourth-order valence-corrected chi connectivity index (χ4v) is 3.57. The Morgan fingerprint density at radius 2 is 1.58 bits per heavy atom. The number of hydrogen-bond donors (Lipinski definition) is 2. The highest BCUT2D eigenvalue weighted by molar-refractivity contribution is 6.02. The number of nitrogens with zero attached hydrogens (tertiary/aromatic N) is 1. The van der Waals surface area contributed by atoms with Crippen molar-refractivity contribution in [3.05, 3.63) is 94.8 Å². The number of nitrogens with one attached hydrogen (secondary N) is 1. The van der Waals surface area contributed by atoms with Crippen molar-refractivity contribution >= 4 is 17.5 Å².